The Morgan fingerprint density at radius 2 is 1.61 bits per heavy atom. The summed E-state index contributed by atoms with van der Waals surface area (Å²) in [5.74, 6) is -0.133. The molecule has 188 valence electrons. The highest BCUT2D eigenvalue weighted by Gasteiger charge is 2.26. The smallest absolute Gasteiger partial charge is 0.273 e. The molecule has 2 aliphatic rings. The maximum absolute atomic E-state index is 13.5. The van der Waals surface area contributed by atoms with Crippen LogP contribution in [-0.2, 0) is 16.0 Å². The molecule has 0 saturated carbocycles. The van der Waals surface area contributed by atoms with Crippen molar-refractivity contribution >= 4 is 11.8 Å². The number of oxazole rings is 1. The summed E-state index contributed by atoms with van der Waals surface area (Å²) in [6.45, 7) is 2.47. The molecule has 0 bridgehead atoms. The lowest BCUT2D eigenvalue weighted by molar-refractivity contribution is 0.0487. The standard InChI is InChI=1S/C28H31N3O5/c32-27(29-16-23-8-4-14-34-23)25-19-36-26(30-25)18-31(17-24-9-5-15-35-24)28(33)22-12-10-21(11-13-22)20-6-2-1-3-7-20/h1-3,6-7,10-13,19,23-24H,4-5,8-9,14-18H2,(H,29,32). The molecule has 0 aliphatic carbocycles. The van der Waals surface area contributed by atoms with E-state index in [0.717, 1.165) is 43.4 Å². The summed E-state index contributed by atoms with van der Waals surface area (Å²) < 4.78 is 16.9. The molecule has 2 aliphatic heterocycles. The summed E-state index contributed by atoms with van der Waals surface area (Å²) in [5.41, 5.74) is 2.91. The van der Waals surface area contributed by atoms with E-state index in [1.165, 1.54) is 6.26 Å². The molecule has 1 N–H and O–H groups in total. The van der Waals surface area contributed by atoms with Crippen LogP contribution in [0.2, 0.25) is 0 Å². The topological polar surface area (TPSA) is 93.9 Å². The highest BCUT2D eigenvalue weighted by Crippen LogP contribution is 2.22. The number of nitrogens with zero attached hydrogens (tertiary/aromatic N) is 2. The van der Waals surface area contributed by atoms with Crippen LogP contribution in [0.1, 0.15) is 52.4 Å². The Balaban J connectivity index is 1.26. The van der Waals surface area contributed by atoms with Gasteiger partial charge in [-0.1, -0.05) is 42.5 Å². The zero-order valence-electron chi connectivity index (χ0n) is 20.2. The third-order valence-electron chi connectivity index (χ3n) is 6.60. The van der Waals surface area contributed by atoms with Crippen molar-refractivity contribution in [2.75, 3.05) is 26.3 Å². The molecule has 2 amide bonds. The van der Waals surface area contributed by atoms with Crippen molar-refractivity contribution in [3.05, 3.63) is 78.0 Å². The molecule has 0 spiro atoms. The van der Waals surface area contributed by atoms with Crippen molar-refractivity contribution in [3.8, 4) is 11.1 Å². The van der Waals surface area contributed by atoms with Crippen LogP contribution in [0.4, 0.5) is 0 Å². The van der Waals surface area contributed by atoms with E-state index in [4.69, 9.17) is 13.9 Å². The zero-order valence-corrected chi connectivity index (χ0v) is 20.2. The van der Waals surface area contributed by atoms with Gasteiger partial charge in [-0.2, -0.15) is 0 Å². The number of hydrogen-bond donors (Lipinski definition) is 1. The predicted octanol–water partition coefficient (Wildman–Crippen LogP) is 4.07. The third kappa shape index (κ3) is 6.01. The van der Waals surface area contributed by atoms with Gasteiger partial charge in [-0.3, -0.25) is 9.59 Å². The van der Waals surface area contributed by atoms with Gasteiger partial charge in [-0.15, -0.1) is 0 Å². The molecule has 3 heterocycles. The van der Waals surface area contributed by atoms with Crippen LogP contribution in [0.3, 0.4) is 0 Å². The lowest BCUT2D eigenvalue weighted by Gasteiger charge is -2.24. The van der Waals surface area contributed by atoms with E-state index in [-0.39, 0.29) is 36.3 Å². The van der Waals surface area contributed by atoms with Gasteiger partial charge in [0.25, 0.3) is 11.8 Å². The monoisotopic (exact) mass is 489 g/mol. The molecule has 3 aromatic rings. The van der Waals surface area contributed by atoms with Crippen LogP contribution in [0, 0.1) is 0 Å². The highest BCUT2D eigenvalue weighted by atomic mass is 16.5. The lowest BCUT2D eigenvalue weighted by atomic mass is 10.0. The Kier molecular flexibility index (Phi) is 7.73. The van der Waals surface area contributed by atoms with Gasteiger partial charge < -0.3 is 24.1 Å². The van der Waals surface area contributed by atoms with Crippen LogP contribution < -0.4 is 5.32 Å². The van der Waals surface area contributed by atoms with Gasteiger partial charge in [0.1, 0.15) is 6.26 Å². The fourth-order valence-electron chi connectivity index (χ4n) is 4.63. The number of carbonyl (C=O) groups is 2. The van der Waals surface area contributed by atoms with Crippen molar-refractivity contribution in [2.45, 2.75) is 44.4 Å². The van der Waals surface area contributed by atoms with Gasteiger partial charge in [0, 0.05) is 31.9 Å². The number of amides is 2. The first kappa shape index (κ1) is 24.2. The summed E-state index contributed by atoms with van der Waals surface area (Å²) in [4.78, 5) is 32.0. The van der Waals surface area contributed by atoms with Crippen molar-refractivity contribution in [1.82, 2.24) is 15.2 Å². The predicted molar refractivity (Wildman–Crippen MR) is 133 cm³/mol. The minimum Gasteiger partial charge on any atom is -0.446 e. The maximum atomic E-state index is 13.5. The Hall–Kier alpha value is -3.49. The second kappa shape index (κ2) is 11.5. The molecule has 0 radical (unpaired) electrons. The van der Waals surface area contributed by atoms with Gasteiger partial charge in [-0.25, -0.2) is 4.98 Å². The number of nitrogens with one attached hydrogen (secondary N) is 1. The minimum absolute atomic E-state index is 0.0262. The fourth-order valence-corrected chi connectivity index (χ4v) is 4.63. The van der Waals surface area contributed by atoms with Crippen LogP contribution in [0.15, 0.2) is 65.3 Å². The van der Waals surface area contributed by atoms with E-state index in [1.54, 1.807) is 4.90 Å². The molecule has 36 heavy (non-hydrogen) atoms. The largest absolute Gasteiger partial charge is 0.446 e. The first-order valence-electron chi connectivity index (χ1n) is 12.6. The van der Waals surface area contributed by atoms with E-state index >= 15 is 0 Å². The number of aromatic nitrogens is 1. The molecule has 1 aromatic heterocycles. The molecular formula is C28H31N3O5. The fraction of sp³-hybridized carbons (Fsp3) is 0.393. The molecule has 8 nitrogen and oxygen atoms in total. The van der Waals surface area contributed by atoms with Crippen molar-refractivity contribution < 1.29 is 23.5 Å². The average molecular weight is 490 g/mol. The molecule has 2 aromatic carbocycles. The average Bonchev–Trinajstić information content (AvgIpc) is 3.71. The van der Waals surface area contributed by atoms with E-state index in [0.29, 0.717) is 31.2 Å². The molecule has 8 heteroatoms. The number of hydrogen-bond acceptors (Lipinski definition) is 6. The first-order valence-corrected chi connectivity index (χ1v) is 12.6. The second-order valence-electron chi connectivity index (χ2n) is 9.24. The van der Waals surface area contributed by atoms with Gasteiger partial charge in [0.2, 0.25) is 5.89 Å². The van der Waals surface area contributed by atoms with Gasteiger partial charge >= 0.3 is 0 Å². The van der Waals surface area contributed by atoms with E-state index in [9.17, 15) is 9.59 Å². The highest BCUT2D eigenvalue weighted by molar-refractivity contribution is 5.95. The summed E-state index contributed by atoms with van der Waals surface area (Å²) >= 11 is 0. The summed E-state index contributed by atoms with van der Waals surface area (Å²) in [6, 6.07) is 17.6. The minimum atomic E-state index is -0.311. The van der Waals surface area contributed by atoms with E-state index in [2.05, 4.69) is 10.3 Å². The number of benzene rings is 2. The summed E-state index contributed by atoms with van der Waals surface area (Å²) in [5, 5.41) is 2.85. The van der Waals surface area contributed by atoms with E-state index < -0.39 is 0 Å². The Bertz CT molecular complexity index is 1150. The summed E-state index contributed by atoms with van der Waals surface area (Å²) in [7, 11) is 0. The second-order valence-corrected chi connectivity index (χ2v) is 9.24. The van der Waals surface area contributed by atoms with Crippen LogP contribution >= 0.6 is 0 Å². The Labute approximate surface area is 210 Å². The molecule has 2 fully saturated rings. The quantitative estimate of drug-likeness (QED) is 0.487. The lowest BCUT2D eigenvalue weighted by Crippen LogP contribution is -2.37. The zero-order chi connectivity index (χ0) is 24.7. The van der Waals surface area contributed by atoms with Gasteiger partial charge in [0.05, 0.1) is 18.8 Å². The van der Waals surface area contributed by atoms with E-state index in [1.807, 2.05) is 54.6 Å². The molecular weight excluding hydrogens is 458 g/mol. The maximum Gasteiger partial charge on any atom is 0.273 e. The summed E-state index contributed by atoms with van der Waals surface area (Å²) in [6.07, 6.45) is 5.19. The Morgan fingerprint density at radius 3 is 2.31 bits per heavy atom. The molecule has 2 atom stereocenters. The third-order valence-corrected chi connectivity index (χ3v) is 6.60. The first-order chi connectivity index (χ1) is 17.7. The molecule has 5 rings (SSSR count). The molecule has 2 saturated heterocycles. The Morgan fingerprint density at radius 1 is 0.917 bits per heavy atom. The number of rotatable bonds is 9. The normalized spacial score (nSPS) is 19.3. The van der Waals surface area contributed by atoms with Crippen molar-refractivity contribution in [3.63, 3.8) is 0 Å². The van der Waals surface area contributed by atoms with Gasteiger partial charge in [0.15, 0.2) is 5.69 Å². The van der Waals surface area contributed by atoms with Crippen LogP contribution in [0.25, 0.3) is 11.1 Å². The molecule has 2 unspecified atom stereocenters. The number of ether oxygens (including phenoxy) is 2. The number of carbonyl (C=O) groups excluding carboxylic acids is 2. The van der Waals surface area contributed by atoms with Crippen molar-refractivity contribution in [1.29, 1.82) is 0 Å². The van der Waals surface area contributed by atoms with Crippen molar-refractivity contribution in [2.24, 2.45) is 0 Å². The van der Waals surface area contributed by atoms with Crippen LogP contribution in [-0.4, -0.2) is 60.2 Å². The van der Waals surface area contributed by atoms with Gasteiger partial charge in [-0.05, 0) is 48.9 Å². The van der Waals surface area contributed by atoms with Crippen LogP contribution in [0.5, 0.6) is 0 Å². The SMILES string of the molecule is O=C(NCC1CCCO1)c1coc(CN(CC2CCCO2)C(=O)c2ccc(-c3ccccc3)cc2)n1.